The van der Waals surface area contributed by atoms with E-state index in [2.05, 4.69) is 15.5 Å². The molecule has 2 aromatic heterocycles. The van der Waals surface area contributed by atoms with Gasteiger partial charge in [-0.05, 0) is 11.4 Å². The number of nitrogens with zero attached hydrogens (tertiary/aromatic N) is 4. The number of anilines is 1. The molecule has 4 rings (SSSR count). The normalized spacial score (nSPS) is 19.4. The van der Waals surface area contributed by atoms with E-state index >= 15 is 0 Å². The first-order valence-electron chi connectivity index (χ1n) is 8.63. The van der Waals surface area contributed by atoms with Crippen molar-refractivity contribution < 1.29 is 24.3 Å². The number of thiazole rings is 1. The molecule has 2 aromatic rings. The Hall–Kier alpha value is -3.29. The first-order valence-corrected chi connectivity index (χ1v) is 10.4. The number of carbonyl (C=O) groups excluding carboxylic acids is 2. The zero-order valence-corrected chi connectivity index (χ0v) is 17.2. The molecule has 2 aliphatic rings. The van der Waals surface area contributed by atoms with Gasteiger partial charge in [-0.25, -0.2) is 19.8 Å². The Morgan fingerprint density at radius 3 is 2.83 bits per heavy atom. The summed E-state index contributed by atoms with van der Waals surface area (Å²) in [4.78, 5) is 47.1. The summed E-state index contributed by atoms with van der Waals surface area (Å²) in [5.41, 5.74) is 6.16. The van der Waals surface area contributed by atoms with Gasteiger partial charge in [0.05, 0.1) is 0 Å². The number of carboxylic acids is 1. The van der Waals surface area contributed by atoms with Crippen LogP contribution in [0.15, 0.2) is 33.7 Å². The molecule has 4 heterocycles. The van der Waals surface area contributed by atoms with Gasteiger partial charge in [-0.15, -0.1) is 22.7 Å². The third kappa shape index (κ3) is 3.42. The number of amides is 2. The molecule has 0 spiro atoms. The van der Waals surface area contributed by atoms with Gasteiger partial charge in [0.15, 0.2) is 16.5 Å². The number of nitrogens with one attached hydrogen (secondary N) is 1. The van der Waals surface area contributed by atoms with Crippen molar-refractivity contribution in [1.29, 1.82) is 0 Å². The third-order valence-corrected chi connectivity index (χ3v) is 6.11. The summed E-state index contributed by atoms with van der Waals surface area (Å²) in [6.45, 7) is 0.373. The number of nitrogens with two attached hydrogens (primary N) is 1. The van der Waals surface area contributed by atoms with Crippen LogP contribution in [0.5, 0.6) is 0 Å². The molecular weight excluding hydrogens is 432 g/mol. The summed E-state index contributed by atoms with van der Waals surface area (Å²) in [6.07, 6.45) is 0. The van der Waals surface area contributed by atoms with E-state index in [0.29, 0.717) is 5.57 Å². The number of hydrazine groups is 1. The highest BCUT2D eigenvalue weighted by molar-refractivity contribution is 7.13. The Bertz CT molecular complexity index is 1080. The van der Waals surface area contributed by atoms with Crippen LogP contribution in [0.25, 0.3) is 5.57 Å². The first-order chi connectivity index (χ1) is 14.4. The van der Waals surface area contributed by atoms with Crippen molar-refractivity contribution in [2.75, 3.05) is 25.9 Å². The smallest absolute Gasteiger partial charge is 0.354 e. The number of aliphatic carboxylic acids is 1. The van der Waals surface area contributed by atoms with Gasteiger partial charge in [-0.2, -0.15) is 0 Å². The number of fused-ring (bicyclic) bond motifs is 1. The minimum atomic E-state index is -1.21. The summed E-state index contributed by atoms with van der Waals surface area (Å²) in [5, 5.41) is 22.3. The van der Waals surface area contributed by atoms with Crippen molar-refractivity contribution in [1.82, 2.24) is 20.3 Å². The molecule has 4 N–H and O–H groups in total. The van der Waals surface area contributed by atoms with E-state index in [0.717, 1.165) is 21.2 Å². The standard InChI is InChI=1S/C17H16N6O5S2/c1-28-21-12(10-7-30-17(18)20-10)14(24)19-9-6-22-5-8(11-3-2-4-29-11)13(16(26)27)23(22)15(9)25/h2-4,7,9H,5-6H2,1H3,(H2,18,20)(H,19,24)(H,26,27)/b21-12-. The lowest BCUT2D eigenvalue weighted by Gasteiger charge is -2.19. The summed E-state index contributed by atoms with van der Waals surface area (Å²) in [5.74, 6) is -2.43. The predicted molar refractivity (Wildman–Crippen MR) is 109 cm³/mol. The summed E-state index contributed by atoms with van der Waals surface area (Å²) < 4.78 is 0. The van der Waals surface area contributed by atoms with Crippen LogP contribution in [0.4, 0.5) is 5.13 Å². The van der Waals surface area contributed by atoms with Crippen LogP contribution < -0.4 is 11.1 Å². The third-order valence-electron chi connectivity index (χ3n) is 4.51. The highest BCUT2D eigenvalue weighted by Gasteiger charge is 2.48. The zero-order valence-electron chi connectivity index (χ0n) is 15.6. The summed E-state index contributed by atoms with van der Waals surface area (Å²) in [7, 11) is 1.28. The van der Waals surface area contributed by atoms with Crippen LogP contribution in [0.2, 0.25) is 0 Å². The molecule has 0 bridgehead atoms. The van der Waals surface area contributed by atoms with E-state index in [9.17, 15) is 19.5 Å². The van der Waals surface area contributed by atoms with E-state index in [1.54, 1.807) is 10.4 Å². The van der Waals surface area contributed by atoms with Gasteiger partial charge < -0.3 is 21.0 Å². The summed E-state index contributed by atoms with van der Waals surface area (Å²) >= 11 is 2.53. The maximum absolute atomic E-state index is 12.9. The number of hydrogen-bond donors (Lipinski definition) is 3. The highest BCUT2D eigenvalue weighted by atomic mass is 32.1. The van der Waals surface area contributed by atoms with Gasteiger partial charge in [-0.1, -0.05) is 11.2 Å². The van der Waals surface area contributed by atoms with Gasteiger partial charge >= 0.3 is 5.97 Å². The monoisotopic (exact) mass is 448 g/mol. The van der Waals surface area contributed by atoms with Gasteiger partial charge in [0.1, 0.15) is 18.8 Å². The van der Waals surface area contributed by atoms with Gasteiger partial charge in [0, 0.05) is 28.9 Å². The maximum atomic E-state index is 12.9. The lowest BCUT2D eigenvalue weighted by Crippen LogP contribution is -2.46. The van der Waals surface area contributed by atoms with E-state index in [4.69, 9.17) is 10.6 Å². The van der Waals surface area contributed by atoms with E-state index in [-0.39, 0.29) is 35.3 Å². The van der Waals surface area contributed by atoms with Crippen LogP contribution in [-0.2, 0) is 19.2 Å². The van der Waals surface area contributed by atoms with Crippen LogP contribution in [0.1, 0.15) is 10.6 Å². The number of rotatable bonds is 6. The van der Waals surface area contributed by atoms with Crippen molar-refractivity contribution in [3.05, 3.63) is 39.2 Å². The largest absolute Gasteiger partial charge is 0.477 e. The van der Waals surface area contributed by atoms with Crippen molar-refractivity contribution in [3.8, 4) is 0 Å². The van der Waals surface area contributed by atoms with Gasteiger partial charge in [0.25, 0.3) is 11.8 Å². The molecule has 2 amide bonds. The van der Waals surface area contributed by atoms with Crippen LogP contribution in [-0.4, -0.2) is 69.8 Å². The summed E-state index contributed by atoms with van der Waals surface area (Å²) in [6, 6.07) is 2.68. The molecule has 156 valence electrons. The number of nitrogen functional groups attached to an aromatic ring is 1. The molecule has 2 aliphatic heterocycles. The average molecular weight is 448 g/mol. The number of carboxylic acid groups (broad SMARTS) is 1. The zero-order chi connectivity index (χ0) is 21.4. The lowest BCUT2D eigenvalue weighted by atomic mass is 10.1. The van der Waals surface area contributed by atoms with Gasteiger partial charge in [0.2, 0.25) is 0 Å². The van der Waals surface area contributed by atoms with Crippen molar-refractivity contribution in [2.45, 2.75) is 6.04 Å². The second-order valence-electron chi connectivity index (χ2n) is 6.33. The second kappa shape index (κ2) is 7.85. The molecule has 1 fully saturated rings. The fourth-order valence-electron chi connectivity index (χ4n) is 3.32. The Morgan fingerprint density at radius 2 is 2.23 bits per heavy atom. The molecule has 0 aliphatic carbocycles. The SMILES string of the molecule is CO/N=C(\C(=O)NC1CN2CC(c3cccs3)=C(C(=O)O)N2C1=O)c1csc(N)n1. The molecule has 1 saturated heterocycles. The quantitative estimate of drug-likeness (QED) is 0.419. The van der Waals surface area contributed by atoms with Crippen LogP contribution >= 0.6 is 22.7 Å². The molecule has 11 nitrogen and oxygen atoms in total. The molecule has 30 heavy (non-hydrogen) atoms. The van der Waals surface area contributed by atoms with E-state index in [1.165, 1.54) is 18.4 Å². The fraction of sp³-hybridized carbons (Fsp3) is 0.235. The molecule has 13 heteroatoms. The first kappa shape index (κ1) is 20.0. The van der Waals surface area contributed by atoms with E-state index in [1.807, 2.05) is 17.5 Å². The minimum Gasteiger partial charge on any atom is -0.477 e. The van der Waals surface area contributed by atoms with Crippen LogP contribution in [0.3, 0.4) is 0 Å². The minimum absolute atomic E-state index is 0.0998. The Balaban J connectivity index is 1.56. The molecule has 1 unspecified atom stereocenters. The van der Waals surface area contributed by atoms with Crippen molar-refractivity contribution in [2.24, 2.45) is 5.16 Å². The molecule has 0 radical (unpaired) electrons. The Labute approximate surface area is 178 Å². The van der Waals surface area contributed by atoms with Gasteiger partial charge in [-0.3, -0.25) is 9.59 Å². The highest BCUT2D eigenvalue weighted by Crippen LogP contribution is 2.36. The maximum Gasteiger partial charge on any atom is 0.354 e. The predicted octanol–water partition coefficient (Wildman–Crippen LogP) is 0.191. The molecular formula is C17H16N6O5S2. The lowest BCUT2D eigenvalue weighted by molar-refractivity contribution is -0.143. The number of aromatic nitrogens is 1. The Kier molecular flexibility index (Phi) is 5.24. The second-order valence-corrected chi connectivity index (χ2v) is 8.16. The van der Waals surface area contributed by atoms with E-state index < -0.39 is 23.8 Å². The number of hydrogen-bond acceptors (Lipinski definition) is 10. The number of oxime groups is 1. The molecule has 0 aromatic carbocycles. The van der Waals surface area contributed by atoms with Crippen LogP contribution in [0, 0.1) is 0 Å². The fourth-order valence-corrected chi connectivity index (χ4v) is 4.63. The number of carbonyl (C=O) groups is 3. The molecule has 1 atom stereocenters. The number of thiophene rings is 1. The Morgan fingerprint density at radius 1 is 1.43 bits per heavy atom. The topological polar surface area (TPSA) is 150 Å². The molecule has 0 saturated carbocycles. The van der Waals surface area contributed by atoms with Crippen molar-refractivity contribution in [3.63, 3.8) is 0 Å². The average Bonchev–Trinajstić information content (AvgIpc) is 3.46. The van der Waals surface area contributed by atoms with Crippen molar-refractivity contribution >= 4 is 56.9 Å².